The molecule has 142 valence electrons. The Bertz CT molecular complexity index is 844. The van der Waals surface area contributed by atoms with Crippen molar-refractivity contribution in [3.05, 3.63) is 53.2 Å². The van der Waals surface area contributed by atoms with Crippen LogP contribution in [0.15, 0.2) is 46.3 Å². The Morgan fingerprint density at radius 3 is 2.93 bits per heavy atom. The Labute approximate surface area is 162 Å². The van der Waals surface area contributed by atoms with Gasteiger partial charge in [0.1, 0.15) is 5.75 Å². The molecular formula is C20H23N3O3S. The Morgan fingerprint density at radius 2 is 2.15 bits per heavy atom. The van der Waals surface area contributed by atoms with Crippen molar-refractivity contribution in [3.63, 3.8) is 0 Å². The van der Waals surface area contributed by atoms with Gasteiger partial charge in [-0.2, -0.15) is 4.98 Å². The van der Waals surface area contributed by atoms with E-state index in [4.69, 9.17) is 14.0 Å². The maximum absolute atomic E-state index is 5.84. The Hall–Kier alpha value is -2.22. The van der Waals surface area contributed by atoms with Gasteiger partial charge in [0.15, 0.2) is 5.82 Å². The molecule has 27 heavy (non-hydrogen) atoms. The predicted molar refractivity (Wildman–Crippen MR) is 104 cm³/mol. The number of hydrogen-bond acceptors (Lipinski definition) is 7. The van der Waals surface area contributed by atoms with E-state index in [0.29, 0.717) is 18.3 Å². The van der Waals surface area contributed by atoms with E-state index in [-0.39, 0.29) is 6.10 Å². The number of aromatic nitrogens is 2. The SMILES string of the molecule is COc1ccccc1CN(Cc1noc(-c2cccs2)n1)CC1CCCO1. The number of rotatable bonds is 8. The van der Waals surface area contributed by atoms with Crippen LogP contribution in [-0.2, 0) is 17.8 Å². The lowest BCUT2D eigenvalue weighted by atomic mass is 10.1. The highest BCUT2D eigenvalue weighted by atomic mass is 32.1. The van der Waals surface area contributed by atoms with Gasteiger partial charge in [0.2, 0.25) is 0 Å². The van der Waals surface area contributed by atoms with E-state index in [2.05, 4.69) is 21.1 Å². The van der Waals surface area contributed by atoms with Crippen LogP contribution >= 0.6 is 11.3 Å². The van der Waals surface area contributed by atoms with Gasteiger partial charge in [0.05, 0.1) is 24.6 Å². The normalized spacial score (nSPS) is 16.9. The summed E-state index contributed by atoms with van der Waals surface area (Å²) in [6.07, 6.45) is 2.47. The van der Waals surface area contributed by atoms with Gasteiger partial charge in [-0.3, -0.25) is 4.90 Å². The molecule has 1 atom stereocenters. The minimum Gasteiger partial charge on any atom is -0.496 e. The molecule has 4 rings (SSSR count). The number of hydrogen-bond donors (Lipinski definition) is 0. The lowest BCUT2D eigenvalue weighted by Gasteiger charge is -2.24. The van der Waals surface area contributed by atoms with Crippen molar-refractivity contribution in [2.45, 2.75) is 32.0 Å². The highest BCUT2D eigenvalue weighted by molar-refractivity contribution is 7.13. The summed E-state index contributed by atoms with van der Waals surface area (Å²) in [7, 11) is 1.70. The first-order valence-electron chi connectivity index (χ1n) is 9.14. The maximum atomic E-state index is 5.84. The highest BCUT2D eigenvalue weighted by Crippen LogP contribution is 2.25. The van der Waals surface area contributed by atoms with E-state index in [1.54, 1.807) is 18.4 Å². The zero-order valence-electron chi connectivity index (χ0n) is 15.3. The number of ether oxygens (including phenoxy) is 2. The van der Waals surface area contributed by atoms with Crippen molar-refractivity contribution in [2.24, 2.45) is 0 Å². The van der Waals surface area contributed by atoms with Crippen LogP contribution in [0.4, 0.5) is 0 Å². The molecule has 2 aromatic heterocycles. The monoisotopic (exact) mass is 385 g/mol. The predicted octanol–water partition coefficient (Wildman–Crippen LogP) is 3.99. The van der Waals surface area contributed by atoms with Gasteiger partial charge >= 0.3 is 0 Å². The van der Waals surface area contributed by atoms with Gasteiger partial charge in [-0.25, -0.2) is 0 Å². The lowest BCUT2D eigenvalue weighted by Crippen LogP contribution is -2.32. The van der Waals surface area contributed by atoms with Crippen LogP contribution < -0.4 is 4.74 Å². The third-order valence-electron chi connectivity index (χ3n) is 4.64. The molecule has 0 spiro atoms. The summed E-state index contributed by atoms with van der Waals surface area (Å²) in [6.45, 7) is 3.03. The number of benzene rings is 1. The summed E-state index contributed by atoms with van der Waals surface area (Å²) >= 11 is 1.60. The minimum atomic E-state index is 0.253. The molecule has 1 unspecified atom stereocenters. The summed E-state index contributed by atoms with van der Waals surface area (Å²) in [6, 6.07) is 12.1. The number of thiophene rings is 1. The second-order valence-corrected chi connectivity index (χ2v) is 7.56. The van der Waals surface area contributed by atoms with Crippen LogP contribution in [0.25, 0.3) is 10.8 Å². The zero-order valence-corrected chi connectivity index (χ0v) is 16.2. The highest BCUT2D eigenvalue weighted by Gasteiger charge is 2.22. The summed E-state index contributed by atoms with van der Waals surface area (Å²) in [5.41, 5.74) is 1.14. The van der Waals surface area contributed by atoms with Gasteiger partial charge in [0.25, 0.3) is 5.89 Å². The van der Waals surface area contributed by atoms with E-state index in [1.165, 1.54) is 0 Å². The number of para-hydroxylation sites is 1. The average Bonchev–Trinajstić information content (AvgIpc) is 3.44. The molecule has 0 N–H and O–H groups in total. The van der Waals surface area contributed by atoms with E-state index in [9.17, 15) is 0 Å². The van der Waals surface area contributed by atoms with Gasteiger partial charge in [-0.05, 0) is 30.4 Å². The quantitative estimate of drug-likeness (QED) is 0.584. The van der Waals surface area contributed by atoms with Gasteiger partial charge < -0.3 is 14.0 Å². The molecule has 1 saturated heterocycles. The first kappa shape index (κ1) is 18.2. The van der Waals surface area contributed by atoms with E-state index >= 15 is 0 Å². The summed E-state index contributed by atoms with van der Waals surface area (Å²) in [4.78, 5) is 7.86. The minimum absolute atomic E-state index is 0.253. The molecule has 1 fully saturated rings. The summed E-state index contributed by atoms with van der Waals surface area (Å²) in [5.74, 6) is 2.16. The maximum Gasteiger partial charge on any atom is 0.268 e. The summed E-state index contributed by atoms with van der Waals surface area (Å²) < 4.78 is 16.8. The third-order valence-corrected chi connectivity index (χ3v) is 5.50. The smallest absolute Gasteiger partial charge is 0.268 e. The molecule has 0 saturated carbocycles. The topological polar surface area (TPSA) is 60.6 Å². The number of methoxy groups -OCH3 is 1. The molecule has 0 bridgehead atoms. The Morgan fingerprint density at radius 1 is 1.22 bits per heavy atom. The van der Waals surface area contributed by atoms with E-state index in [1.807, 2.05) is 35.7 Å². The van der Waals surface area contributed by atoms with Crippen molar-refractivity contribution >= 4 is 11.3 Å². The van der Waals surface area contributed by atoms with E-state index in [0.717, 1.165) is 48.7 Å². The first-order valence-corrected chi connectivity index (χ1v) is 10.0. The van der Waals surface area contributed by atoms with Crippen molar-refractivity contribution in [1.29, 1.82) is 0 Å². The Kier molecular flexibility index (Phi) is 5.81. The molecule has 1 aromatic carbocycles. The molecule has 1 aliphatic rings. The lowest BCUT2D eigenvalue weighted by molar-refractivity contribution is 0.0664. The second kappa shape index (κ2) is 8.65. The summed E-state index contributed by atoms with van der Waals surface area (Å²) in [5, 5.41) is 6.18. The molecule has 3 aromatic rings. The van der Waals surface area contributed by atoms with Crippen molar-refractivity contribution in [2.75, 3.05) is 20.3 Å². The molecule has 6 nitrogen and oxygen atoms in total. The van der Waals surface area contributed by atoms with E-state index < -0.39 is 0 Å². The molecule has 1 aliphatic heterocycles. The van der Waals surface area contributed by atoms with Crippen molar-refractivity contribution in [1.82, 2.24) is 15.0 Å². The molecule has 3 heterocycles. The standard InChI is InChI=1S/C20H23N3O3S/c1-24-17-8-3-2-6-15(17)12-23(13-16-7-4-10-25-16)14-19-21-20(26-22-19)18-9-5-11-27-18/h2-3,5-6,8-9,11,16H,4,7,10,12-14H2,1H3. The fourth-order valence-electron chi connectivity index (χ4n) is 3.35. The first-order chi connectivity index (χ1) is 13.3. The van der Waals surface area contributed by atoms with Crippen LogP contribution in [0.2, 0.25) is 0 Å². The molecular weight excluding hydrogens is 362 g/mol. The molecule has 0 radical (unpaired) electrons. The van der Waals surface area contributed by atoms with Crippen LogP contribution in [0.3, 0.4) is 0 Å². The second-order valence-electron chi connectivity index (χ2n) is 6.61. The molecule has 0 aliphatic carbocycles. The van der Waals surface area contributed by atoms with Crippen molar-refractivity contribution < 1.29 is 14.0 Å². The number of nitrogens with zero attached hydrogens (tertiary/aromatic N) is 3. The largest absolute Gasteiger partial charge is 0.496 e. The van der Waals surface area contributed by atoms with Crippen LogP contribution in [0.1, 0.15) is 24.2 Å². The van der Waals surface area contributed by atoms with Crippen LogP contribution in [0.5, 0.6) is 5.75 Å². The van der Waals surface area contributed by atoms with Crippen LogP contribution in [-0.4, -0.2) is 41.4 Å². The fraction of sp³-hybridized carbons (Fsp3) is 0.400. The average molecular weight is 385 g/mol. The van der Waals surface area contributed by atoms with Crippen LogP contribution in [0, 0.1) is 0 Å². The van der Waals surface area contributed by atoms with Gasteiger partial charge in [-0.1, -0.05) is 29.4 Å². The fourth-order valence-corrected chi connectivity index (χ4v) is 4.00. The molecule has 0 amide bonds. The zero-order chi connectivity index (χ0) is 18.5. The van der Waals surface area contributed by atoms with Gasteiger partial charge in [-0.15, -0.1) is 11.3 Å². The van der Waals surface area contributed by atoms with Gasteiger partial charge in [0, 0.05) is 25.3 Å². The Balaban J connectivity index is 1.50. The van der Waals surface area contributed by atoms with Crippen molar-refractivity contribution in [3.8, 4) is 16.5 Å². The molecule has 7 heteroatoms. The third kappa shape index (κ3) is 4.55.